The van der Waals surface area contributed by atoms with Gasteiger partial charge in [-0.3, -0.25) is 9.59 Å². The largest absolute Gasteiger partial charge is 0.497 e. The Kier molecular flexibility index (Phi) is 8.17. The summed E-state index contributed by atoms with van der Waals surface area (Å²) in [4.78, 5) is 25.3. The number of allylic oxidation sites excluding steroid dienone is 2. The van der Waals surface area contributed by atoms with Crippen LogP contribution in [0.4, 0.5) is 5.69 Å². The fourth-order valence-corrected chi connectivity index (χ4v) is 2.80. The van der Waals surface area contributed by atoms with E-state index in [9.17, 15) is 9.59 Å². The predicted molar refractivity (Wildman–Crippen MR) is 129 cm³/mol. The Hall–Kier alpha value is -4.38. The van der Waals surface area contributed by atoms with Crippen LogP contribution in [0.1, 0.15) is 11.1 Å². The third kappa shape index (κ3) is 7.15. The Morgan fingerprint density at radius 3 is 2.12 bits per heavy atom. The lowest BCUT2D eigenvalue weighted by Gasteiger charge is -2.10. The van der Waals surface area contributed by atoms with Crippen LogP contribution in [-0.4, -0.2) is 18.9 Å². The molecule has 3 aromatic carbocycles. The Labute approximate surface area is 187 Å². The average Bonchev–Trinajstić information content (AvgIpc) is 2.83. The zero-order valence-corrected chi connectivity index (χ0v) is 17.7. The van der Waals surface area contributed by atoms with Crippen molar-refractivity contribution in [2.45, 2.75) is 0 Å². The zero-order valence-electron chi connectivity index (χ0n) is 17.7. The van der Waals surface area contributed by atoms with Crippen molar-refractivity contribution in [3.63, 3.8) is 0 Å². The highest BCUT2D eigenvalue weighted by Crippen LogP contribution is 2.17. The first-order valence-electron chi connectivity index (χ1n) is 10.1. The molecule has 0 unspecified atom stereocenters. The van der Waals surface area contributed by atoms with Crippen molar-refractivity contribution < 1.29 is 14.3 Å². The number of rotatable bonds is 8. The number of hydrogen-bond acceptors (Lipinski definition) is 3. The van der Waals surface area contributed by atoms with Crippen molar-refractivity contribution in [3.8, 4) is 5.75 Å². The first-order chi connectivity index (χ1) is 15.6. The van der Waals surface area contributed by atoms with Gasteiger partial charge in [-0.05, 0) is 35.4 Å². The van der Waals surface area contributed by atoms with Crippen LogP contribution in [0.2, 0.25) is 0 Å². The van der Waals surface area contributed by atoms with Crippen LogP contribution in [0.15, 0.2) is 109 Å². The standard InChI is InChI=1S/C27H24N2O3/c1-32-24-16-9-15-23(20-24)28-27(31)25(17-8-14-21-10-4-2-5-11-21)29-26(30)19-18-22-12-6-3-7-13-22/h2-20H,1H3,(H,28,31)(H,29,30)/b14-8+,19-18+,25-17-. The van der Waals surface area contributed by atoms with Gasteiger partial charge in [0.2, 0.25) is 5.91 Å². The molecule has 0 radical (unpaired) electrons. The van der Waals surface area contributed by atoms with E-state index in [4.69, 9.17) is 4.74 Å². The molecule has 0 bridgehead atoms. The summed E-state index contributed by atoms with van der Waals surface area (Å²) in [6.45, 7) is 0. The summed E-state index contributed by atoms with van der Waals surface area (Å²) in [6.07, 6.45) is 8.22. The lowest BCUT2D eigenvalue weighted by molar-refractivity contribution is -0.118. The second kappa shape index (κ2) is 11.7. The second-order valence-corrected chi connectivity index (χ2v) is 6.77. The molecule has 0 fully saturated rings. The van der Waals surface area contributed by atoms with E-state index in [1.54, 1.807) is 49.6 Å². The van der Waals surface area contributed by atoms with Crippen LogP contribution >= 0.6 is 0 Å². The highest BCUT2D eigenvalue weighted by atomic mass is 16.5. The first kappa shape index (κ1) is 22.3. The average molecular weight is 425 g/mol. The number of nitrogens with one attached hydrogen (secondary N) is 2. The molecule has 5 nitrogen and oxygen atoms in total. The van der Waals surface area contributed by atoms with Gasteiger partial charge in [0, 0.05) is 17.8 Å². The van der Waals surface area contributed by atoms with E-state index in [-0.39, 0.29) is 5.70 Å². The van der Waals surface area contributed by atoms with Crippen molar-refractivity contribution in [1.29, 1.82) is 0 Å². The molecule has 0 heterocycles. The quantitative estimate of drug-likeness (QED) is 0.392. The van der Waals surface area contributed by atoms with E-state index in [1.165, 1.54) is 6.08 Å². The van der Waals surface area contributed by atoms with E-state index >= 15 is 0 Å². The van der Waals surface area contributed by atoms with Crippen molar-refractivity contribution in [2.24, 2.45) is 0 Å². The summed E-state index contributed by atoms with van der Waals surface area (Å²) in [5.74, 6) is -0.237. The number of benzene rings is 3. The van der Waals surface area contributed by atoms with E-state index in [0.29, 0.717) is 11.4 Å². The second-order valence-electron chi connectivity index (χ2n) is 6.77. The fourth-order valence-electron chi connectivity index (χ4n) is 2.80. The third-order valence-electron chi connectivity index (χ3n) is 4.41. The maximum absolute atomic E-state index is 12.9. The molecular weight excluding hydrogens is 400 g/mol. The fraction of sp³-hybridized carbons (Fsp3) is 0.0370. The molecule has 5 heteroatoms. The van der Waals surface area contributed by atoms with Gasteiger partial charge >= 0.3 is 0 Å². The van der Waals surface area contributed by atoms with Crippen molar-refractivity contribution in [1.82, 2.24) is 5.32 Å². The molecular formula is C27H24N2O3. The van der Waals surface area contributed by atoms with Gasteiger partial charge in [0.15, 0.2) is 0 Å². The summed E-state index contributed by atoms with van der Waals surface area (Å²) >= 11 is 0. The zero-order chi connectivity index (χ0) is 22.6. The van der Waals surface area contributed by atoms with E-state index < -0.39 is 11.8 Å². The van der Waals surface area contributed by atoms with Crippen molar-refractivity contribution in [3.05, 3.63) is 120 Å². The van der Waals surface area contributed by atoms with Gasteiger partial charge in [-0.1, -0.05) is 78.9 Å². The molecule has 160 valence electrons. The lowest BCUT2D eigenvalue weighted by atomic mass is 10.2. The number of carbonyl (C=O) groups is 2. The van der Waals surface area contributed by atoms with E-state index in [0.717, 1.165) is 11.1 Å². The molecule has 0 spiro atoms. The highest BCUT2D eigenvalue weighted by molar-refractivity contribution is 6.07. The minimum absolute atomic E-state index is 0.114. The predicted octanol–water partition coefficient (Wildman–Crippen LogP) is 5.06. The van der Waals surface area contributed by atoms with E-state index in [1.807, 2.05) is 66.7 Å². The molecule has 0 aliphatic carbocycles. The maximum atomic E-state index is 12.9. The maximum Gasteiger partial charge on any atom is 0.272 e. The number of methoxy groups -OCH3 is 1. The Morgan fingerprint density at radius 1 is 0.812 bits per heavy atom. The smallest absolute Gasteiger partial charge is 0.272 e. The Morgan fingerprint density at radius 2 is 1.47 bits per heavy atom. The summed E-state index contributed by atoms with van der Waals surface area (Å²) < 4.78 is 5.19. The molecule has 0 saturated heterocycles. The molecule has 0 aliphatic rings. The van der Waals surface area contributed by atoms with Gasteiger partial charge in [-0.2, -0.15) is 0 Å². The Balaban J connectivity index is 1.77. The normalized spacial score (nSPS) is 11.5. The van der Waals surface area contributed by atoms with Crippen molar-refractivity contribution in [2.75, 3.05) is 12.4 Å². The van der Waals surface area contributed by atoms with Crippen LogP contribution in [0.5, 0.6) is 5.75 Å². The Bertz CT molecular complexity index is 1130. The highest BCUT2D eigenvalue weighted by Gasteiger charge is 2.12. The van der Waals surface area contributed by atoms with Crippen molar-refractivity contribution >= 4 is 29.7 Å². The van der Waals surface area contributed by atoms with Gasteiger partial charge in [0.1, 0.15) is 11.4 Å². The minimum atomic E-state index is -0.447. The number of amides is 2. The topological polar surface area (TPSA) is 67.4 Å². The molecule has 3 aromatic rings. The van der Waals surface area contributed by atoms with Crippen LogP contribution < -0.4 is 15.4 Å². The first-order valence-corrected chi connectivity index (χ1v) is 10.1. The van der Waals surface area contributed by atoms with Gasteiger partial charge in [0.25, 0.3) is 5.91 Å². The molecule has 0 atom stereocenters. The third-order valence-corrected chi connectivity index (χ3v) is 4.41. The van der Waals surface area contributed by atoms with Crippen LogP contribution in [-0.2, 0) is 9.59 Å². The summed E-state index contributed by atoms with van der Waals surface area (Å²) in [7, 11) is 1.56. The molecule has 32 heavy (non-hydrogen) atoms. The summed E-state index contributed by atoms with van der Waals surface area (Å²) in [5, 5.41) is 5.45. The number of carbonyl (C=O) groups excluding carboxylic acids is 2. The van der Waals surface area contributed by atoms with Gasteiger partial charge in [-0.15, -0.1) is 0 Å². The van der Waals surface area contributed by atoms with Gasteiger partial charge in [0.05, 0.1) is 7.11 Å². The lowest BCUT2D eigenvalue weighted by Crippen LogP contribution is -2.29. The molecule has 2 N–H and O–H groups in total. The van der Waals surface area contributed by atoms with Gasteiger partial charge < -0.3 is 15.4 Å². The molecule has 0 aliphatic heterocycles. The van der Waals surface area contributed by atoms with E-state index in [2.05, 4.69) is 10.6 Å². The molecule has 0 aromatic heterocycles. The summed E-state index contributed by atoms with van der Waals surface area (Å²) in [6, 6.07) is 26.1. The van der Waals surface area contributed by atoms with Crippen LogP contribution in [0.25, 0.3) is 12.2 Å². The molecule has 0 saturated carbocycles. The monoisotopic (exact) mass is 424 g/mol. The number of anilines is 1. The number of hydrogen-bond donors (Lipinski definition) is 2. The minimum Gasteiger partial charge on any atom is -0.497 e. The van der Waals surface area contributed by atoms with Crippen LogP contribution in [0.3, 0.4) is 0 Å². The van der Waals surface area contributed by atoms with Gasteiger partial charge in [-0.25, -0.2) is 0 Å². The molecule has 2 amide bonds. The molecule has 3 rings (SSSR count). The SMILES string of the molecule is COc1cccc(NC(=O)/C(=C/C=C/c2ccccc2)NC(=O)/C=C/c2ccccc2)c1. The summed E-state index contributed by atoms with van der Waals surface area (Å²) in [5.41, 5.74) is 2.54. The van der Waals surface area contributed by atoms with Crippen LogP contribution in [0, 0.1) is 0 Å². The number of ether oxygens (including phenoxy) is 1.